The second-order valence-electron chi connectivity index (χ2n) is 4.85. The number of carboxylic acids is 1. The summed E-state index contributed by atoms with van der Waals surface area (Å²) < 4.78 is 1.03. The van der Waals surface area contributed by atoms with Gasteiger partial charge in [0, 0.05) is 17.1 Å². The molecule has 94 valence electrons. The third-order valence-electron chi connectivity index (χ3n) is 2.78. The van der Waals surface area contributed by atoms with Crippen molar-refractivity contribution in [3.63, 3.8) is 0 Å². The van der Waals surface area contributed by atoms with Crippen molar-refractivity contribution >= 4 is 21.9 Å². The smallest absolute Gasteiger partial charge is 0.310 e. The van der Waals surface area contributed by atoms with E-state index >= 15 is 0 Å². The van der Waals surface area contributed by atoms with Gasteiger partial charge in [-0.3, -0.25) is 4.79 Å². The minimum atomic E-state index is -0.786. The van der Waals surface area contributed by atoms with Gasteiger partial charge in [0.05, 0.1) is 5.41 Å². The van der Waals surface area contributed by atoms with Crippen LogP contribution in [0.2, 0.25) is 0 Å². The SMILES string of the molecule is C[C@@H](NCC(C)(C)C(=O)O)c1cccc(Br)c1. The van der Waals surface area contributed by atoms with E-state index in [1.807, 2.05) is 31.2 Å². The Labute approximate surface area is 110 Å². The number of hydrogen-bond acceptors (Lipinski definition) is 2. The van der Waals surface area contributed by atoms with E-state index < -0.39 is 11.4 Å². The fourth-order valence-electron chi connectivity index (χ4n) is 1.38. The third-order valence-corrected chi connectivity index (χ3v) is 3.27. The Balaban J connectivity index is 2.62. The predicted octanol–water partition coefficient (Wildman–Crippen LogP) is 3.21. The van der Waals surface area contributed by atoms with Crippen molar-refractivity contribution in [3.05, 3.63) is 34.3 Å². The van der Waals surface area contributed by atoms with Crippen molar-refractivity contribution in [2.45, 2.75) is 26.8 Å². The highest BCUT2D eigenvalue weighted by Gasteiger charge is 2.27. The van der Waals surface area contributed by atoms with E-state index in [2.05, 4.69) is 21.2 Å². The van der Waals surface area contributed by atoms with Crippen LogP contribution in [0.3, 0.4) is 0 Å². The molecular formula is C13H18BrNO2. The maximum absolute atomic E-state index is 11.0. The fourth-order valence-corrected chi connectivity index (χ4v) is 1.79. The van der Waals surface area contributed by atoms with Crippen LogP contribution in [-0.2, 0) is 4.79 Å². The zero-order valence-corrected chi connectivity index (χ0v) is 11.9. The Morgan fingerprint density at radius 2 is 2.18 bits per heavy atom. The van der Waals surface area contributed by atoms with Crippen molar-refractivity contribution in [3.8, 4) is 0 Å². The van der Waals surface area contributed by atoms with Gasteiger partial charge in [0.25, 0.3) is 0 Å². The van der Waals surface area contributed by atoms with Crippen LogP contribution in [-0.4, -0.2) is 17.6 Å². The van der Waals surface area contributed by atoms with E-state index in [0.29, 0.717) is 6.54 Å². The molecule has 0 saturated carbocycles. The summed E-state index contributed by atoms with van der Waals surface area (Å²) in [5.74, 6) is -0.786. The molecule has 0 aromatic heterocycles. The number of hydrogen-bond donors (Lipinski definition) is 2. The highest BCUT2D eigenvalue weighted by molar-refractivity contribution is 9.10. The molecule has 1 aromatic carbocycles. The number of carbonyl (C=O) groups is 1. The molecule has 4 heteroatoms. The molecule has 0 aliphatic carbocycles. The van der Waals surface area contributed by atoms with E-state index in [4.69, 9.17) is 5.11 Å². The van der Waals surface area contributed by atoms with Gasteiger partial charge in [0.1, 0.15) is 0 Å². The first-order chi connectivity index (χ1) is 7.83. The second-order valence-corrected chi connectivity index (χ2v) is 5.76. The first kappa shape index (κ1) is 14.2. The molecule has 0 bridgehead atoms. The van der Waals surface area contributed by atoms with E-state index in [1.54, 1.807) is 13.8 Å². The monoisotopic (exact) mass is 299 g/mol. The Kier molecular flexibility index (Phi) is 4.71. The molecule has 3 nitrogen and oxygen atoms in total. The Bertz CT molecular complexity index is 404. The molecule has 1 rings (SSSR count). The highest BCUT2D eigenvalue weighted by Crippen LogP contribution is 2.20. The van der Waals surface area contributed by atoms with Crippen LogP contribution in [0.1, 0.15) is 32.4 Å². The van der Waals surface area contributed by atoms with E-state index in [9.17, 15) is 4.79 Å². The summed E-state index contributed by atoms with van der Waals surface area (Å²) in [6, 6.07) is 8.13. The normalized spacial score (nSPS) is 13.4. The molecule has 0 saturated heterocycles. The van der Waals surface area contributed by atoms with E-state index in [1.165, 1.54) is 0 Å². The Hall–Kier alpha value is -0.870. The minimum Gasteiger partial charge on any atom is -0.481 e. The van der Waals surface area contributed by atoms with Crippen molar-refractivity contribution in [1.82, 2.24) is 5.32 Å². The lowest BCUT2D eigenvalue weighted by Crippen LogP contribution is -2.37. The second kappa shape index (κ2) is 5.65. The van der Waals surface area contributed by atoms with E-state index in [0.717, 1.165) is 10.0 Å². The summed E-state index contributed by atoms with van der Waals surface area (Å²) in [7, 11) is 0. The number of benzene rings is 1. The molecule has 2 N–H and O–H groups in total. The predicted molar refractivity (Wildman–Crippen MR) is 72.0 cm³/mol. The van der Waals surface area contributed by atoms with Gasteiger partial charge in [-0.2, -0.15) is 0 Å². The molecule has 1 aromatic rings. The number of carboxylic acid groups (broad SMARTS) is 1. The molecule has 17 heavy (non-hydrogen) atoms. The maximum Gasteiger partial charge on any atom is 0.310 e. The van der Waals surface area contributed by atoms with Gasteiger partial charge in [-0.1, -0.05) is 28.1 Å². The van der Waals surface area contributed by atoms with Crippen LogP contribution < -0.4 is 5.32 Å². The largest absolute Gasteiger partial charge is 0.481 e. The molecular weight excluding hydrogens is 282 g/mol. The average molecular weight is 300 g/mol. The number of aliphatic carboxylic acids is 1. The molecule has 0 aliphatic rings. The third kappa shape index (κ3) is 4.13. The maximum atomic E-state index is 11.0. The lowest BCUT2D eigenvalue weighted by molar-refractivity contribution is -0.146. The van der Waals surface area contributed by atoms with Gasteiger partial charge in [-0.25, -0.2) is 0 Å². The summed E-state index contributed by atoms with van der Waals surface area (Å²) in [6.45, 7) is 5.90. The minimum absolute atomic E-state index is 0.131. The van der Waals surface area contributed by atoms with Crippen LogP contribution >= 0.6 is 15.9 Å². The first-order valence-electron chi connectivity index (χ1n) is 5.55. The lowest BCUT2D eigenvalue weighted by Gasteiger charge is -2.23. The van der Waals surface area contributed by atoms with Gasteiger partial charge >= 0.3 is 5.97 Å². The molecule has 0 amide bonds. The van der Waals surface area contributed by atoms with Gasteiger partial charge in [-0.05, 0) is 38.5 Å². The van der Waals surface area contributed by atoms with Crippen LogP contribution in [0.25, 0.3) is 0 Å². The highest BCUT2D eigenvalue weighted by atomic mass is 79.9. The number of nitrogens with one attached hydrogen (secondary N) is 1. The van der Waals surface area contributed by atoms with Crippen molar-refractivity contribution < 1.29 is 9.90 Å². The number of halogens is 1. The van der Waals surface area contributed by atoms with Crippen molar-refractivity contribution in [1.29, 1.82) is 0 Å². The number of rotatable bonds is 5. The Morgan fingerprint density at radius 3 is 2.71 bits per heavy atom. The van der Waals surface area contributed by atoms with Crippen LogP contribution in [0.5, 0.6) is 0 Å². The lowest BCUT2D eigenvalue weighted by atomic mass is 9.93. The molecule has 0 spiro atoms. The quantitative estimate of drug-likeness (QED) is 0.878. The Morgan fingerprint density at radius 1 is 1.53 bits per heavy atom. The van der Waals surface area contributed by atoms with Gasteiger partial charge < -0.3 is 10.4 Å². The molecule has 0 aliphatic heterocycles. The molecule has 0 unspecified atom stereocenters. The van der Waals surface area contributed by atoms with Gasteiger partial charge in [-0.15, -0.1) is 0 Å². The molecule has 0 heterocycles. The topological polar surface area (TPSA) is 49.3 Å². The van der Waals surface area contributed by atoms with Gasteiger partial charge in [0.15, 0.2) is 0 Å². The fraction of sp³-hybridized carbons (Fsp3) is 0.462. The average Bonchev–Trinajstić information content (AvgIpc) is 2.25. The summed E-state index contributed by atoms with van der Waals surface area (Å²) in [5.41, 5.74) is 0.390. The van der Waals surface area contributed by atoms with Crippen LogP contribution in [0.4, 0.5) is 0 Å². The van der Waals surface area contributed by atoms with Crippen LogP contribution in [0.15, 0.2) is 28.7 Å². The standard InChI is InChI=1S/C13H18BrNO2/c1-9(10-5-4-6-11(14)7-10)15-8-13(2,3)12(16)17/h4-7,9,15H,8H2,1-3H3,(H,16,17)/t9-/m1/s1. The summed E-state index contributed by atoms with van der Waals surface area (Å²) >= 11 is 3.42. The zero-order chi connectivity index (χ0) is 13.1. The van der Waals surface area contributed by atoms with Crippen molar-refractivity contribution in [2.24, 2.45) is 5.41 Å². The molecule has 0 fully saturated rings. The van der Waals surface area contributed by atoms with E-state index in [-0.39, 0.29) is 6.04 Å². The van der Waals surface area contributed by atoms with Gasteiger partial charge in [0.2, 0.25) is 0 Å². The van der Waals surface area contributed by atoms with Crippen molar-refractivity contribution in [2.75, 3.05) is 6.54 Å². The summed E-state index contributed by atoms with van der Waals surface area (Å²) in [4.78, 5) is 11.0. The molecule has 0 radical (unpaired) electrons. The summed E-state index contributed by atoms with van der Waals surface area (Å²) in [5, 5.41) is 12.3. The summed E-state index contributed by atoms with van der Waals surface area (Å²) in [6.07, 6.45) is 0. The zero-order valence-electron chi connectivity index (χ0n) is 10.3. The molecule has 1 atom stereocenters. The first-order valence-corrected chi connectivity index (χ1v) is 6.34. The van der Waals surface area contributed by atoms with Crippen LogP contribution in [0, 0.1) is 5.41 Å².